The van der Waals surface area contributed by atoms with Crippen LogP contribution in [-0.4, -0.2) is 36.8 Å². The standard InChI is InChI=1S/C15H21N3OS/c1-4-12-10(2)20-15-13(12)14(16-9-17-15)18(3)7-11-5-6-19-8-11/h9,11H,4-8H2,1-3H3/t11-/m1/s1. The van der Waals surface area contributed by atoms with Crippen molar-refractivity contribution in [3.05, 3.63) is 16.8 Å². The second-order valence-corrected chi connectivity index (χ2v) is 6.68. The van der Waals surface area contributed by atoms with Gasteiger partial charge in [-0.15, -0.1) is 11.3 Å². The second-order valence-electron chi connectivity index (χ2n) is 5.48. The third kappa shape index (κ3) is 2.40. The fourth-order valence-electron chi connectivity index (χ4n) is 3.00. The van der Waals surface area contributed by atoms with Crippen LogP contribution in [-0.2, 0) is 11.2 Å². The maximum Gasteiger partial charge on any atom is 0.140 e. The first-order valence-corrected chi connectivity index (χ1v) is 8.04. The smallest absolute Gasteiger partial charge is 0.140 e. The predicted molar refractivity (Wildman–Crippen MR) is 83.7 cm³/mol. The fraction of sp³-hybridized carbons (Fsp3) is 0.600. The quantitative estimate of drug-likeness (QED) is 0.868. The monoisotopic (exact) mass is 291 g/mol. The van der Waals surface area contributed by atoms with Crippen molar-refractivity contribution in [2.45, 2.75) is 26.7 Å². The van der Waals surface area contributed by atoms with Crippen LogP contribution in [0.25, 0.3) is 10.2 Å². The summed E-state index contributed by atoms with van der Waals surface area (Å²) in [6.45, 7) is 7.16. The first kappa shape index (κ1) is 13.8. The minimum absolute atomic E-state index is 0.620. The van der Waals surface area contributed by atoms with Crippen LogP contribution in [0.4, 0.5) is 5.82 Å². The van der Waals surface area contributed by atoms with E-state index in [-0.39, 0.29) is 0 Å². The molecule has 3 heterocycles. The summed E-state index contributed by atoms with van der Waals surface area (Å²) < 4.78 is 5.47. The lowest BCUT2D eigenvalue weighted by molar-refractivity contribution is 0.186. The van der Waals surface area contributed by atoms with Crippen LogP contribution < -0.4 is 4.90 Å². The molecule has 4 nitrogen and oxygen atoms in total. The van der Waals surface area contributed by atoms with E-state index in [1.807, 2.05) is 0 Å². The van der Waals surface area contributed by atoms with Crippen molar-refractivity contribution in [2.24, 2.45) is 5.92 Å². The van der Waals surface area contributed by atoms with Crippen LogP contribution in [0.2, 0.25) is 0 Å². The minimum atomic E-state index is 0.620. The van der Waals surface area contributed by atoms with Crippen molar-refractivity contribution in [1.29, 1.82) is 0 Å². The van der Waals surface area contributed by atoms with Gasteiger partial charge in [-0.3, -0.25) is 0 Å². The molecule has 5 heteroatoms. The number of hydrogen-bond donors (Lipinski definition) is 0. The number of rotatable bonds is 4. The molecule has 0 spiro atoms. The zero-order chi connectivity index (χ0) is 14.1. The molecule has 108 valence electrons. The second kappa shape index (κ2) is 5.66. The van der Waals surface area contributed by atoms with E-state index in [9.17, 15) is 0 Å². The highest BCUT2D eigenvalue weighted by molar-refractivity contribution is 7.18. The molecule has 0 aromatic carbocycles. The molecule has 2 aromatic heterocycles. The molecule has 1 fully saturated rings. The number of aromatic nitrogens is 2. The molecule has 1 aliphatic heterocycles. The average Bonchev–Trinajstić information content (AvgIpc) is 3.04. The average molecular weight is 291 g/mol. The van der Waals surface area contributed by atoms with E-state index in [4.69, 9.17) is 4.74 Å². The van der Waals surface area contributed by atoms with E-state index >= 15 is 0 Å². The molecular weight excluding hydrogens is 270 g/mol. The molecule has 0 bridgehead atoms. The Morgan fingerprint density at radius 1 is 1.45 bits per heavy atom. The molecule has 3 rings (SSSR count). The Morgan fingerprint density at radius 2 is 2.30 bits per heavy atom. The van der Waals surface area contributed by atoms with Gasteiger partial charge < -0.3 is 9.64 Å². The molecule has 1 aliphatic rings. The van der Waals surface area contributed by atoms with Crippen LogP contribution in [0.1, 0.15) is 23.8 Å². The minimum Gasteiger partial charge on any atom is -0.381 e. The number of anilines is 1. The van der Waals surface area contributed by atoms with Crippen molar-refractivity contribution < 1.29 is 4.74 Å². The Kier molecular flexibility index (Phi) is 3.89. The Hall–Kier alpha value is -1.20. The topological polar surface area (TPSA) is 38.2 Å². The highest BCUT2D eigenvalue weighted by Gasteiger charge is 2.21. The van der Waals surface area contributed by atoms with Gasteiger partial charge in [-0.25, -0.2) is 9.97 Å². The van der Waals surface area contributed by atoms with Crippen molar-refractivity contribution in [3.63, 3.8) is 0 Å². The summed E-state index contributed by atoms with van der Waals surface area (Å²) in [6, 6.07) is 0. The van der Waals surface area contributed by atoms with Crippen molar-refractivity contribution in [1.82, 2.24) is 9.97 Å². The first-order chi connectivity index (χ1) is 9.70. The molecule has 20 heavy (non-hydrogen) atoms. The zero-order valence-corrected chi connectivity index (χ0v) is 13.2. The Balaban J connectivity index is 1.97. The molecule has 2 aromatic rings. The van der Waals surface area contributed by atoms with E-state index in [2.05, 4.69) is 35.8 Å². The van der Waals surface area contributed by atoms with Gasteiger partial charge >= 0.3 is 0 Å². The van der Waals surface area contributed by atoms with E-state index in [1.54, 1.807) is 17.7 Å². The summed E-state index contributed by atoms with van der Waals surface area (Å²) in [7, 11) is 2.13. The summed E-state index contributed by atoms with van der Waals surface area (Å²) in [5.41, 5.74) is 1.40. The number of fused-ring (bicyclic) bond motifs is 1. The molecule has 1 atom stereocenters. The maximum absolute atomic E-state index is 5.47. The van der Waals surface area contributed by atoms with Gasteiger partial charge in [0.05, 0.1) is 12.0 Å². The van der Waals surface area contributed by atoms with Gasteiger partial charge in [0, 0.05) is 31.0 Å². The van der Waals surface area contributed by atoms with E-state index in [0.717, 1.165) is 43.2 Å². The van der Waals surface area contributed by atoms with Crippen LogP contribution in [0.3, 0.4) is 0 Å². The molecule has 0 aliphatic carbocycles. The number of ether oxygens (including phenoxy) is 1. The number of nitrogens with zero attached hydrogens (tertiary/aromatic N) is 3. The summed E-state index contributed by atoms with van der Waals surface area (Å²) >= 11 is 1.78. The zero-order valence-electron chi connectivity index (χ0n) is 12.3. The van der Waals surface area contributed by atoms with Crippen LogP contribution in [0.5, 0.6) is 0 Å². The van der Waals surface area contributed by atoms with Crippen molar-refractivity contribution in [2.75, 3.05) is 31.7 Å². The third-order valence-electron chi connectivity index (χ3n) is 4.04. The highest BCUT2D eigenvalue weighted by Crippen LogP contribution is 2.35. The predicted octanol–water partition coefficient (Wildman–Crippen LogP) is 3.03. The summed E-state index contributed by atoms with van der Waals surface area (Å²) in [5, 5.41) is 1.25. The Labute approximate surface area is 123 Å². The van der Waals surface area contributed by atoms with Crippen LogP contribution in [0.15, 0.2) is 6.33 Å². The number of hydrogen-bond acceptors (Lipinski definition) is 5. The van der Waals surface area contributed by atoms with Gasteiger partial charge in [0.2, 0.25) is 0 Å². The fourth-order valence-corrected chi connectivity index (χ4v) is 4.08. The summed E-state index contributed by atoms with van der Waals surface area (Å²) in [5.74, 6) is 1.69. The Bertz CT molecular complexity index is 604. The van der Waals surface area contributed by atoms with E-state index in [1.165, 1.54) is 15.8 Å². The first-order valence-electron chi connectivity index (χ1n) is 7.22. The summed E-state index contributed by atoms with van der Waals surface area (Å²) in [6.07, 6.45) is 3.88. The van der Waals surface area contributed by atoms with Crippen molar-refractivity contribution in [3.8, 4) is 0 Å². The molecule has 0 saturated carbocycles. The normalized spacial score (nSPS) is 18.9. The molecule has 0 unspecified atom stereocenters. The Morgan fingerprint density at radius 3 is 3.00 bits per heavy atom. The lowest BCUT2D eigenvalue weighted by Gasteiger charge is -2.22. The lowest BCUT2D eigenvalue weighted by Crippen LogP contribution is -2.26. The van der Waals surface area contributed by atoms with Gasteiger partial charge in [-0.1, -0.05) is 6.92 Å². The van der Waals surface area contributed by atoms with Gasteiger partial charge in [0.1, 0.15) is 17.0 Å². The van der Waals surface area contributed by atoms with E-state index in [0.29, 0.717) is 5.92 Å². The third-order valence-corrected chi connectivity index (χ3v) is 5.10. The maximum atomic E-state index is 5.47. The van der Waals surface area contributed by atoms with Gasteiger partial charge in [-0.2, -0.15) is 0 Å². The van der Waals surface area contributed by atoms with Crippen LogP contribution >= 0.6 is 11.3 Å². The molecule has 0 amide bonds. The van der Waals surface area contributed by atoms with Crippen molar-refractivity contribution >= 4 is 27.4 Å². The summed E-state index contributed by atoms with van der Waals surface area (Å²) in [4.78, 5) is 13.7. The molecular formula is C15H21N3OS. The SMILES string of the molecule is CCc1c(C)sc2ncnc(N(C)C[C@H]3CCOC3)c12. The molecule has 0 N–H and O–H groups in total. The lowest BCUT2D eigenvalue weighted by atomic mass is 10.1. The van der Waals surface area contributed by atoms with E-state index < -0.39 is 0 Å². The largest absolute Gasteiger partial charge is 0.381 e. The number of thiophene rings is 1. The number of aryl methyl sites for hydroxylation is 2. The highest BCUT2D eigenvalue weighted by atomic mass is 32.1. The molecule has 1 saturated heterocycles. The molecule has 0 radical (unpaired) electrons. The van der Waals surface area contributed by atoms with Crippen LogP contribution in [0, 0.1) is 12.8 Å². The van der Waals surface area contributed by atoms with Gasteiger partial charge in [0.15, 0.2) is 0 Å². The van der Waals surface area contributed by atoms with Gasteiger partial charge in [0.25, 0.3) is 0 Å². The van der Waals surface area contributed by atoms with Gasteiger partial charge in [-0.05, 0) is 25.3 Å².